The van der Waals surface area contributed by atoms with Crippen molar-refractivity contribution in [1.29, 1.82) is 0 Å². The summed E-state index contributed by atoms with van der Waals surface area (Å²) in [7, 11) is 1.32. The predicted octanol–water partition coefficient (Wildman–Crippen LogP) is 2.42. The molecule has 22 heavy (non-hydrogen) atoms. The van der Waals surface area contributed by atoms with Gasteiger partial charge in [0.1, 0.15) is 5.75 Å². The summed E-state index contributed by atoms with van der Waals surface area (Å²) >= 11 is 0. The molecule has 114 valence electrons. The number of methoxy groups -OCH3 is 1. The van der Waals surface area contributed by atoms with Crippen molar-refractivity contribution in [3.8, 4) is 5.75 Å². The molecule has 1 amide bonds. The second-order valence-corrected chi connectivity index (χ2v) is 4.89. The zero-order chi connectivity index (χ0) is 16.1. The summed E-state index contributed by atoms with van der Waals surface area (Å²) in [6.07, 6.45) is 0. The van der Waals surface area contributed by atoms with Gasteiger partial charge in [0.15, 0.2) is 0 Å². The fourth-order valence-electron chi connectivity index (χ4n) is 1.99. The topological polar surface area (TPSA) is 75.6 Å². The number of esters is 1. The van der Waals surface area contributed by atoms with Gasteiger partial charge in [0.2, 0.25) is 0 Å². The molecule has 2 rings (SSSR count). The van der Waals surface area contributed by atoms with Crippen molar-refractivity contribution in [2.45, 2.75) is 13.5 Å². The summed E-state index contributed by atoms with van der Waals surface area (Å²) in [5.74, 6) is -0.803. The van der Waals surface area contributed by atoms with Crippen molar-refractivity contribution in [3.63, 3.8) is 0 Å². The van der Waals surface area contributed by atoms with Gasteiger partial charge >= 0.3 is 5.97 Å². The maximum atomic E-state index is 12.1. The standard InChI is InChI=1S/C17H17NO4/c1-11-3-8-15(19)14(9-11)16(20)18-10-12-4-6-13(7-5-12)17(21)22-2/h3-9,19H,10H2,1-2H3,(H,18,20). The first kappa shape index (κ1) is 15.6. The third-order valence-electron chi connectivity index (χ3n) is 3.22. The molecule has 0 fully saturated rings. The van der Waals surface area contributed by atoms with Crippen LogP contribution < -0.4 is 5.32 Å². The smallest absolute Gasteiger partial charge is 0.337 e. The van der Waals surface area contributed by atoms with E-state index in [0.29, 0.717) is 12.1 Å². The number of carbonyl (C=O) groups excluding carboxylic acids is 2. The Morgan fingerprint density at radius 3 is 2.45 bits per heavy atom. The first-order chi connectivity index (χ1) is 10.5. The van der Waals surface area contributed by atoms with Crippen LogP contribution in [0.15, 0.2) is 42.5 Å². The van der Waals surface area contributed by atoms with E-state index in [9.17, 15) is 14.7 Å². The minimum absolute atomic E-state index is 0.0517. The lowest BCUT2D eigenvalue weighted by Gasteiger charge is -2.08. The third-order valence-corrected chi connectivity index (χ3v) is 3.22. The van der Waals surface area contributed by atoms with E-state index in [0.717, 1.165) is 11.1 Å². The number of amides is 1. The van der Waals surface area contributed by atoms with Gasteiger partial charge in [-0.05, 0) is 36.8 Å². The van der Waals surface area contributed by atoms with Gasteiger partial charge in [-0.2, -0.15) is 0 Å². The maximum Gasteiger partial charge on any atom is 0.337 e. The molecule has 0 spiro atoms. The number of aromatic hydroxyl groups is 1. The Kier molecular flexibility index (Phi) is 4.78. The quantitative estimate of drug-likeness (QED) is 0.850. The zero-order valence-corrected chi connectivity index (χ0v) is 12.4. The number of carbonyl (C=O) groups is 2. The van der Waals surface area contributed by atoms with Crippen molar-refractivity contribution in [3.05, 3.63) is 64.7 Å². The van der Waals surface area contributed by atoms with Crippen LogP contribution in [-0.4, -0.2) is 24.1 Å². The van der Waals surface area contributed by atoms with Crippen LogP contribution in [0.2, 0.25) is 0 Å². The molecule has 2 aromatic carbocycles. The van der Waals surface area contributed by atoms with Gasteiger partial charge in [-0.3, -0.25) is 4.79 Å². The highest BCUT2D eigenvalue weighted by molar-refractivity contribution is 5.97. The molecule has 0 radical (unpaired) electrons. The molecule has 0 saturated heterocycles. The second kappa shape index (κ2) is 6.76. The summed E-state index contributed by atoms with van der Waals surface area (Å²) in [6, 6.07) is 11.6. The minimum Gasteiger partial charge on any atom is -0.507 e. The fourth-order valence-corrected chi connectivity index (χ4v) is 1.99. The van der Waals surface area contributed by atoms with Crippen molar-refractivity contribution < 1.29 is 19.4 Å². The van der Waals surface area contributed by atoms with Crippen LogP contribution in [-0.2, 0) is 11.3 Å². The number of ether oxygens (including phenoxy) is 1. The van der Waals surface area contributed by atoms with Crippen molar-refractivity contribution in [1.82, 2.24) is 5.32 Å². The Morgan fingerprint density at radius 2 is 1.82 bits per heavy atom. The van der Waals surface area contributed by atoms with Crippen LogP contribution in [0.1, 0.15) is 31.8 Å². The second-order valence-electron chi connectivity index (χ2n) is 4.89. The molecule has 0 atom stereocenters. The zero-order valence-electron chi connectivity index (χ0n) is 12.4. The highest BCUT2D eigenvalue weighted by Crippen LogP contribution is 2.18. The molecule has 0 aliphatic heterocycles. The highest BCUT2D eigenvalue weighted by atomic mass is 16.5. The Balaban J connectivity index is 2.02. The van der Waals surface area contributed by atoms with Gasteiger partial charge in [-0.1, -0.05) is 23.8 Å². The van der Waals surface area contributed by atoms with Crippen molar-refractivity contribution >= 4 is 11.9 Å². The molecule has 2 aromatic rings. The van der Waals surface area contributed by atoms with Crippen LogP contribution in [0.3, 0.4) is 0 Å². The average Bonchev–Trinajstić information content (AvgIpc) is 2.54. The van der Waals surface area contributed by atoms with E-state index in [1.165, 1.54) is 13.2 Å². The molecular weight excluding hydrogens is 282 g/mol. The largest absolute Gasteiger partial charge is 0.507 e. The number of nitrogens with one attached hydrogen (secondary N) is 1. The van der Waals surface area contributed by atoms with Crippen LogP contribution >= 0.6 is 0 Å². The van der Waals surface area contributed by atoms with E-state index in [1.54, 1.807) is 36.4 Å². The highest BCUT2D eigenvalue weighted by Gasteiger charge is 2.11. The van der Waals surface area contributed by atoms with Crippen LogP contribution in [0, 0.1) is 6.92 Å². The number of rotatable bonds is 4. The molecule has 0 aliphatic rings. The molecule has 0 bridgehead atoms. The number of hydrogen-bond acceptors (Lipinski definition) is 4. The van der Waals surface area contributed by atoms with Gasteiger partial charge in [0.05, 0.1) is 18.2 Å². The normalized spacial score (nSPS) is 10.1. The number of benzene rings is 2. The summed E-state index contributed by atoms with van der Waals surface area (Å²) < 4.78 is 4.62. The molecular formula is C17H17NO4. The molecule has 0 heterocycles. The lowest BCUT2D eigenvalue weighted by molar-refractivity contribution is 0.0600. The first-order valence-electron chi connectivity index (χ1n) is 6.76. The van der Waals surface area contributed by atoms with Gasteiger partial charge < -0.3 is 15.2 Å². The van der Waals surface area contributed by atoms with E-state index in [2.05, 4.69) is 10.1 Å². The van der Waals surface area contributed by atoms with Crippen molar-refractivity contribution in [2.75, 3.05) is 7.11 Å². The molecule has 0 aromatic heterocycles. The van der Waals surface area contributed by atoms with Gasteiger partial charge in [0, 0.05) is 6.54 Å². The Morgan fingerprint density at radius 1 is 1.14 bits per heavy atom. The van der Waals surface area contributed by atoms with Crippen LogP contribution in [0.25, 0.3) is 0 Å². The number of phenolic OH excluding ortho intramolecular Hbond substituents is 1. The molecule has 0 unspecified atom stereocenters. The minimum atomic E-state index is -0.403. The summed E-state index contributed by atoms with van der Waals surface area (Å²) in [4.78, 5) is 23.4. The van der Waals surface area contributed by atoms with E-state index >= 15 is 0 Å². The number of aryl methyl sites for hydroxylation is 1. The van der Waals surface area contributed by atoms with E-state index in [4.69, 9.17) is 0 Å². The number of hydrogen-bond donors (Lipinski definition) is 2. The van der Waals surface area contributed by atoms with E-state index in [-0.39, 0.29) is 17.2 Å². The lowest BCUT2D eigenvalue weighted by Crippen LogP contribution is -2.23. The molecule has 0 aliphatic carbocycles. The first-order valence-corrected chi connectivity index (χ1v) is 6.76. The SMILES string of the molecule is COC(=O)c1ccc(CNC(=O)c2cc(C)ccc2O)cc1. The van der Waals surface area contributed by atoms with Gasteiger partial charge in [-0.25, -0.2) is 4.79 Å². The fraction of sp³-hybridized carbons (Fsp3) is 0.176. The van der Waals surface area contributed by atoms with Gasteiger partial charge in [-0.15, -0.1) is 0 Å². The van der Waals surface area contributed by atoms with Crippen LogP contribution in [0.5, 0.6) is 5.75 Å². The molecule has 0 saturated carbocycles. The average molecular weight is 299 g/mol. The Hall–Kier alpha value is -2.82. The predicted molar refractivity (Wildman–Crippen MR) is 81.8 cm³/mol. The van der Waals surface area contributed by atoms with E-state index < -0.39 is 5.97 Å². The summed E-state index contributed by atoms with van der Waals surface area (Å²) in [5.41, 5.74) is 2.43. The van der Waals surface area contributed by atoms with Crippen LogP contribution in [0.4, 0.5) is 0 Å². The maximum absolute atomic E-state index is 12.1. The van der Waals surface area contributed by atoms with Crippen molar-refractivity contribution in [2.24, 2.45) is 0 Å². The number of phenols is 1. The molecule has 2 N–H and O–H groups in total. The van der Waals surface area contributed by atoms with Gasteiger partial charge in [0.25, 0.3) is 5.91 Å². The monoisotopic (exact) mass is 299 g/mol. The Labute approximate surface area is 128 Å². The Bertz CT molecular complexity index is 692. The molecule has 5 heteroatoms. The van der Waals surface area contributed by atoms with E-state index in [1.807, 2.05) is 6.92 Å². The lowest BCUT2D eigenvalue weighted by atomic mass is 10.1. The third kappa shape index (κ3) is 3.63. The summed E-state index contributed by atoms with van der Waals surface area (Å²) in [5, 5.41) is 12.4. The molecule has 5 nitrogen and oxygen atoms in total. The summed E-state index contributed by atoms with van der Waals surface area (Å²) in [6.45, 7) is 2.15.